The van der Waals surface area contributed by atoms with Crippen LogP contribution in [0, 0.1) is 23.4 Å². The Balaban J connectivity index is 1.55. The number of benzene rings is 2. The predicted octanol–water partition coefficient (Wildman–Crippen LogP) is 6.42. The van der Waals surface area contributed by atoms with Gasteiger partial charge in [-0.3, -0.25) is 0 Å². The molecule has 0 radical (unpaired) electrons. The Morgan fingerprint density at radius 1 is 0.893 bits per heavy atom. The molecule has 1 saturated carbocycles. The molecular formula is C23H27F3O2. The van der Waals surface area contributed by atoms with Crippen LogP contribution in [-0.4, -0.2) is 13.2 Å². The molecule has 0 amide bonds. The van der Waals surface area contributed by atoms with Gasteiger partial charge in [-0.15, -0.1) is 0 Å². The molecular weight excluding hydrogens is 365 g/mol. The van der Waals surface area contributed by atoms with Crippen LogP contribution in [0.2, 0.25) is 0 Å². The predicted molar refractivity (Wildman–Crippen MR) is 103 cm³/mol. The molecule has 152 valence electrons. The molecule has 0 unspecified atom stereocenters. The summed E-state index contributed by atoms with van der Waals surface area (Å²) < 4.78 is 53.3. The average molecular weight is 392 g/mol. The zero-order chi connectivity index (χ0) is 20.1. The SMILES string of the molecule is CCOc1ccc(C2CCC(COc3ccc(CC)c(F)c3)CC2)c(F)c1F. The van der Waals surface area contributed by atoms with Crippen molar-refractivity contribution in [3.05, 3.63) is 58.9 Å². The van der Waals surface area contributed by atoms with Gasteiger partial charge in [-0.25, -0.2) is 8.78 Å². The summed E-state index contributed by atoms with van der Waals surface area (Å²) in [6, 6.07) is 8.14. The van der Waals surface area contributed by atoms with Crippen molar-refractivity contribution in [1.29, 1.82) is 0 Å². The van der Waals surface area contributed by atoms with Crippen LogP contribution in [0.5, 0.6) is 11.5 Å². The van der Waals surface area contributed by atoms with E-state index in [1.54, 1.807) is 25.1 Å². The van der Waals surface area contributed by atoms with E-state index in [0.717, 1.165) is 25.7 Å². The van der Waals surface area contributed by atoms with Crippen LogP contribution in [0.4, 0.5) is 13.2 Å². The highest BCUT2D eigenvalue weighted by atomic mass is 19.2. The van der Waals surface area contributed by atoms with E-state index in [2.05, 4.69) is 0 Å². The molecule has 1 aliphatic carbocycles. The molecule has 5 heteroatoms. The first-order valence-corrected chi connectivity index (χ1v) is 10.0. The Kier molecular flexibility index (Phi) is 6.87. The maximum absolute atomic E-state index is 14.4. The lowest BCUT2D eigenvalue weighted by Crippen LogP contribution is -2.20. The number of aryl methyl sites for hydroxylation is 1. The number of hydrogen-bond acceptors (Lipinski definition) is 2. The molecule has 28 heavy (non-hydrogen) atoms. The van der Waals surface area contributed by atoms with Crippen molar-refractivity contribution in [2.75, 3.05) is 13.2 Å². The molecule has 0 atom stereocenters. The van der Waals surface area contributed by atoms with Gasteiger partial charge < -0.3 is 9.47 Å². The van der Waals surface area contributed by atoms with Gasteiger partial charge >= 0.3 is 0 Å². The summed E-state index contributed by atoms with van der Waals surface area (Å²) in [6.45, 7) is 4.46. The lowest BCUT2D eigenvalue weighted by molar-refractivity contribution is 0.198. The highest BCUT2D eigenvalue weighted by molar-refractivity contribution is 5.33. The topological polar surface area (TPSA) is 18.5 Å². The first-order valence-electron chi connectivity index (χ1n) is 10.0. The molecule has 0 bridgehead atoms. The summed E-state index contributed by atoms with van der Waals surface area (Å²) in [6.07, 6.45) is 3.95. The Labute approximate surface area is 164 Å². The Hall–Kier alpha value is -2.17. The third-order valence-electron chi connectivity index (χ3n) is 5.55. The highest BCUT2D eigenvalue weighted by Crippen LogP contribution is 2.38. The van der Waals surface area contributed by atoms with Crippen molar-refractivity contribution in [2.24, 2.45) is 5.92 Å². The second kappa shape index (κ2) is 9.35. The van der Waals surface area contributed by atoms with Crippen LogP contribution in [0.3, 0.4) is 0 Å². The van der Waals surface area contributed by atoms with E-state index >= 15 is 0 Å². The second-order valence-electron chi connectivity index (χ2n) is 7.35. The first kappa shape index (κ1) is 20.6. The smallest absolute Gasteiger partial charge is 0.200 e. The molecule has 2 aromatic carbocycles. The van der Waals surface area contributed by atoms with Gasteiger partial charge in [-0.1, -0.05) is 19.1 Å². The van der Waals surface area contributed by atoms with Crippen molar-refractivity contribution in [2.45, 2.75) is 51.9 Å². The van der Waals surface area contributed by atoms with E-state index in [-0.39, 0.29) is 17.5 Å². The van der Waals surface area contributed by atoms with E-state index < -0.39 is 11.6 Å². The largest absolute Gasteiger partial charge is 0.493 e. The van der Waals surface area contributed by atoms with Crippen LogP contribution in [0.15, 0.2) is 30.3 Å². The molecule has 0 N–H and O–H groups in total. The second-order valence-corrected chi connectivity index (χ2v) is 7.35. The van der Waals surface area contributed by atoms with E-state index in [4.69, 9.17) is 9.47 Å². The van der Waals surface area contributed by atoms with E-state index in [0.29, 0.717) is 42.4 Å². The summed E-state index contributed by atoms with van der Waals surface area (Å²) in [7, 11) is 0. The molecule has 1 aliphatic rings. The molecule has 0 saturated heterocycles. The minimum Gasteiger partial charge on any atom is -0.493 e. The normalized spacial score (nSPS) is 19.5. The Bertz CT molecular complexity index is 799. The van der Waals surface area contributed by atoms with Crippen LogP contribution in [0.1, 0.15) is 56.6 Å². The van der Waals surface area contributed by atoms with Crippen LogP contribution in [-0.2, 0) is 6.42 Å². The standard InChI is InChI=1S/C23H27F3O2/c1-3-16-9-10-18(13-20(16)24)28-14-15-5-7-17(8-6-15)19-11-12-21(27-4-2)23(26)22(19)25/h9-13,15,17H,3-8,14H2,1-2H3. The molecule has 0 spiro atoms. The fourth-order valence-corrected chi connectivity index (χ4v) is 3.89. The number of hydrogen-bond donors (Lipinski definition) is 0. The highest BCUT2D eigenvalue weighted by Gasteiger charge is 2.27. The maximum atomic E-state index is 14.4. The third kappa shape index (κ3) is 4.62. The number of halogens is 3. The van der Waals surface area contributed by atoms with Crippen molar-refractivity contribution in [1.82, 2.24) is 0 Å². The van der Waals surface area contributed by atoms with Crippen molar-refractivity contribution < 1.29 is 22.6 Å². The minimum atomic E-state index is -0.901. The third-order valence-corrected chi connectivity index (χ3v) is 5.55. The minimum absolute atomic E-state index is 0.00251. The molecule has 2 nitrogen and oxygen atoms in total. The molecule has 0 aromatic heterocycles. The van der Waals surface area contributed by atoms with Gasteiger partial charge in [0.25, 0.3) is 0 Å². The van der Waals surface area contributed by atoms with Gasteiger partial charge in [-0.05, 0) is 74.1 Å². The Morgan fingerprint density at radius 2 is 1.64 bits per heavy atom. The molecule has 0 heterocycles. The van der Waals surface area contributed by atoms with Crippen LogP contribution < -0.4 is 9.47 Å². The van der Waals surface area contributed by atoms with Gasteiger partial charge in [0.1, 0.15) is 11.6 Å². The summed E-state index contributed by atoms with van der Waals surface area (Å²) in [5.41, 5.74) is 1.11. The molecule has 3 rings (SSSR count). The molecule has 2 aromatic rings. The van der Waals surface area contributed by atoms with Crippen molar-refractivity contribution in [3.63, 3.8) is 0 Å². The summed E-state index contributed by atoms with van der Waals surface area (Å²) in [5.74, 6) is -1.09. The van der Waals surface area contributed by atoms with E-state index in [9.17, 15) is 13.2 Å². The van der Waals surface area contributed by atoms with E-state index in [1.165, 1.54) is 12.1 Å². The number of rotatable bonds is 7. The van der Waals surface area contributed by atoms with Gasteiger partial charge in [0.05, 0.1) is 13.2 Å². The van der Waals surface area contributed by atoms with Gasteiger partial charge in [0, 0.05) is 6.07 Å². The average Bonchev–Trinajstić information content (AvgIpc) is 2.71. The quantitative estimate of drug-likeness (QED) is 0.541. The zero-order valence-electron chi connectivity index (χ0n) is 16.4. The fraction of sp³-hybridized carbons (Fsp3) is 0.478. The lowest BCUT2D eigenvalue weighted by atomic mass is 9.79. The summed E-state index contributed by atoms with van der Waals surface area (Å²) in [4.78, 5) is 0. The zero-order valence-corrected chi connectivity index (χ0v) is 16.4. The van der Waals surface area contributed by atoms with E-state index in [1.807, 2.05) is 6.92 Å². The maximum Gasteiger partial charge on any atom is 0.200 e. The van der Waals surface area contributed by atoms with Gasteiger partial charge in [0.2, 0.25) is 5.82 Å². The summed E-state index contributed by atoms with van der Waals surface area (Å²) in [5, 5.41) is 0. The number of ether oxygens (including phenoxy) is 2. The van der Waals surface area contributed by atoms with Crippen LogP contribution >= 0.6 is 0 Å². The Morgan fingerprint density at radius 3 is 2.29 bits per heavy atom. The van der Waals surface area contributed by atoms with Crippen LogP contribution in [0.25, 0.3) is 0 Å². The molecule has 1 fully saturated rings. The fourth-order valence-electron chi connectivity index (χ4n) is 3.89. The molecule has 0 aliphatic heterocycles. The lowest BCUT2D eigenvalue weighted by Gasteiger charge is -2.29. The van der Waals surface area contributed by atoms with Gasteiger partial charge in [0.15, 0.2) is 11.6 Å². The van der Waals surface area contributed by atoms with Gasteiger partial charge in [-0.2, -0.15) is 4.39 Å². The van der Waals surface area contributed by atoms with Crippen molar-refractivity contribution in [3.8, 4) is 11.5 Å². The first-order chi connectivity index (χ1) is 13.5. The van der Waals surface area contributed by atoms with Crippen molar-refractivity contribution >= 4 is 0 Å². The summed E-state index contributed by atoms with van der Waals surface area (Å²) >= 11 is 0. The monoisotopic (exact) mass is 392 g/mol.